The van der Waals surface area contributed by atoms with Crippen molar-refractivity contribution < 1.29 is 9.59 Å². The molecule has 1 aliphatic heterocycles. The Balaban J connectivity index is 1.24. The lowest BCUT2D eigenvalue weighted by atomic mass is 10.1. The number of rotatable bonds is 5. The van der Waals surface area contributed by atoms with Crippen molar-refractivity contribution in [3.05, 3.63) is 74.3 Å². The molecule has 0 bridgehead atoms. The van der Waals surface area contributed by atoms with E-state index in [0.717, 1.165) is 16.7 Å². The minimum absolute atomic E-state index is 0.0134. The number of aryl methyl sites for hydroxylation is 2. The number of benzene rings is 1. The summed E-state index contributed by atoms with van der Waals surface area (Å²) in [5.74, 6) is -0.00173. The Kier molecular flexibility index (Phi) is 6.30. The lowest BCUT2D eigenvalue weighted by Crippen LogP contribution is -2.50. The predicted molar refractivity (Wildman–Crippen MR) is 135 cm³/mol. The van der Waals surface area contributed by atoms with Gasteiger partial charge in [0.15, 0.2) is 0 Å². The van der Waals surface area contributed by atoms with Crippen LogP contribution in [0.2, 0.25) is 0 Å². The fraction of sp³-hybridized carbons (Fsp3) is 0.280. The minimum atomic E-state index is -0.124. The van der Waals surface area contributed by atoms with Crippen molar-refractivity contribution in [2.24, 2.45) is 0 Å². The van der Waals surface area contributed by atoms with Crippen molar-refractivity contribution in [2.75, 3.05) is 26.2 Å². The third-order valence-electron chi connectivity index (χ3n) is 6.18. The quantitative estimate of drug-likeness (QED) is 0.424. The van der Waals surface area contributed by atoms with Gasteiger partial charge in [-0.1, -0.05) is 29.8 Å². The number of fused-ring (bicyclic) bond motifs is 1. The van der Waals surface area contributed by atoms with Crippen molar-refractivity contribution in [3.8, 4) is 11.1 Å². The Bertz CT molecular complexity index is 1380. The third kappa shape index (κ3) is 4.41. The van der Waals surface area contributed by atoms with Crippen LogP contribution in [0.3, 0.4) is 0 Å². The fourth-order valence-electron chi connectivity index (χ4n) is 4.17. The molecule has 5 rings (SSSR count). The zero-order chi connectivity index (χ0) is 23.7. The van der Waals surface area contributed by atoms with Crippen LogP contribution < -0.4 is 5.56 Å². The van der Waals surface area contributed by atoms with Gasteiger partial charge in [0, 0.05) is 55.5 Å². The maximum absolute atomic E-state index is 13.2. The van der Waals surface area contributed by atoms with Crippen molar-refractivity contribution in [3.63, 3.8) is 0 Å². The maximum atomic E-state index is 13.2. The molecule has 2 amide bonds. The lowest BCUT2D eigenvalue weighted by Gasteiger charge is -2.34. The van der Waals surface area contributed by atoms with Crippen LogP contribution in [-0.2, 0) is 11.3 Å². The van der Waals surface area contributed by atoms with Gasteiger partial charge in [-0.3, -0.25) is 19.0 Å². The summed E-state index contributed by atoms with van der Waals surface area (Å²) >= 11 is 2.95. The number of hydrogen-bond acceptors (Lipinski definition) is 6. The third-order valence-corrected chi connectivity index (χ3v) is 7.75. The molecule has 0 saturated carbocycles. The largest absolute Gasteiger partial charge is 0.339 e. The van der Waals surface area contributed by atoms with E-state index in [0.29, 0.717) is 42.0 Å². The normalized spacial score (nSPS) is 14.0. The highest BCUT2D eigenvalue weighted by Gasteiger charge is 2.25. The smallest absolute Gasteiger partial charge is 0.262 e. The number of carbonyl (C=O) groups is 2. The topological polar surface area (TPSA) is 75.5 Å². The second-order valence-electron chi connectivity index (χ2n) is 8.37. The first-order chi connectivity index (χ1) is 16.5. The molecule has 174 valence electrons. The molecule has 1 aliphatic rings. The molecule has 0 unspecified atom stereocenters. The van der Waals surface area contributed by atoms with Gasteiger partial charge in [0.25, 0.3) is 11.5 Å². The molecule has 0 spiro atoms. The molecule has 7 nitrogen and oxygen atoms in total. The number of aromatic nitrogens is 2. The number of hydrogen-bond donors (Lipinski definition) is 0. The Morgan fingerprint density at radius 3 is 2.44 bits per heavy atom. The Hall–Kier alpha value is -3.30. The fourth-order valence-corrected chi connectivity index (χ4v) is 5.71. The molecule has 0 atom stereocenters. The average molecular weight is 493 g/mol. The molecule has 1 saturated heterocycles. The lowest BCUT2D eigenvalue weighted by molar-refractivity contribution is -0.132. The van der Waals surface area contributed by atoms with Gasteiger partial charge in [-0.25, -0.2) is 4.98 Å². The van der Waals surface area contributed by atoms with Crippen LogP contribution >= 0.6 is 22.7 Å². The number of thiophene rings is 2. The van der Waals surface area contributed by atoms with E-state index in [1.54, 1.807) is 9.80 Å². The molecular weight excluding hydrogens is 468 g/mol. The summed E-state index contributed by atoms with van der Waals surface area (Å²) in [6.45, 7) is 4.34. The number of amides is 2. The van der Waals surface area contributed by atoms with E-state index < -0.39 is 0 Å². The van der Waals surface area contributed by atoms with Gasteiger partial charge in [-0.15, -0.1) is 11.3 Å². The van der Waals surface area contributed by atoms with Crippen molar-refractivity contribution in [1.29, 1.82) is 0 Å². The Morgan fingerprint density at radius 1 is 1.00 bits per heavy atom. The molecule has 0 aliphatic carbocycles. The molecular formula is C25H24N4O3S2. The van der Waals surface area contributed by atoms with Gasteiger partial charge in [0.05, 0.1) is 17.3 Å². The minimum Gasteiger partial charge on any atom is -0.339 e. The average Bonchev–Trinajstić information content (AvgIpc) is 3.54. The summed E-state index contributed by atoms with van der Waals surface area (Å²) in [4.78, 5) is 47.3. The summed E-state index contributed by atoms with van der Waals surface area (Å²) in [6.07, 6.45) is 1.75. The number of piperazine rings is 1. The molecule has 1 aromatic carbocycles. The molecule has 4 heterocycles. The Labute approximate surface area is 204 Å². The SMILES string of the molecule is Cc1ccc(-c2csc3ncn(CCC(=O)N4CCN(C(=O)c5ccsc5)CC4)c(=O)c23)cc1. The van der Waals surface area contributed by atoms with Gasteiger partial charge >= 0.3 is 0 Å². The second-order valence-corrected chi connectivity index (χ2v) is 10.0. The molecule has 0 N–H and O–H groups in total. The van der Waals surface area contributed by atoms with Crippen molar-refractivity contribution >= 4 is 44.7 Å². The van der Waals surface area contributed by atoms with E-state index in [9.17, 15) is 14.4 Å². The highest BCUT2D eigenvalue weighted by Crippen LogP contribution is 2.30. The standard InChI is InChI=1S/C25H24N4O3S2/c1-17-2-4-18(5-3-17)20-15-34-23-22(20)25(32)29(16-26-23)8-6-21(30)27-9-11-28(12-10-27)24(31)19-7-13-33-14-19/h2-5,7,13-16H,6,8-12H2,1H3. The number of carbonyl (C=O) groups excluding carboxylic acids is 2. The van der Waals surface area contributed by atoms with Crippen LogP contribution in [0.25, 0.3) is 21.3 Å². The zero-order valence-electron chi connectivity index (χ0n) is 18.8. The van der Waals surface area contributed by atoms with Crippen molar-refractivity contribution in [2.45, 2.75) is 19.9 Å². The molecule has 34 heavy (non-hydrogen) atoms. The summed E-state index contributed by atoms with van der Waals surface area (Å²) in [5.41, 5.74) is 3.60. The number of nitrogens with zero attached hydrogens (tertiary/aromatic N) is 4. The molecule has 9 heteroatoms. The van der Waals surface area contributed by atoms with Crippen LogP contribution in [0.4, 0.5) is 0 Å². The monoisotopic (exact) mass is 492 g/mol. The van der Waals surface area contributed by atoms with Gasteiger partial charge in [-0.05, 0) is 23.9 Å². The molecule has 3 aromatic heterocycles. The van der Waals surface area contributed by atoms with E-state index in [-0.39, 0.29) is 30.3 Å². The molecule has 0 radical (unpaired) electrons. The summed E-state index contributed by atoms with van der Waals surface area (Å²) in [5, 5.41) is 6.31. The van der Waals surface area contributed by atoms with E-state index in [1.807, 2.05) is 53.4 Å². The van der Waals surface area contributed by atoms with E-state index in [2.05, 4.69) is 4.98 Å². The first-order valence-electron chi connectivity index (χ1n) is 11.1. The first-order valence-corrected chi connectivity index (χ1v) is 13.0. The van der Waals surface area contributed by atoms with Crippen LogP contribution in [0, 0.1) is 6.92 Å². The highest BCUT2D eigenvalue weighted by atomic mass is 32.1. The van der Waals surface area contributed by atoms with Crippen LogP contribution in [0.1, 0.15) is 22.3 Å². The van der Waals surface area contributed by atoms with E-state index in [1.165, 1.54) is 33.6 Å². The van der Waals surface area contributed by atoms with Gasteiger partial charge < -0.3 is 9.80 Å². The Morgan fingerprint density at radius 2 is 1.74 bits per heavy atom. The highest BCUT2D eigenvalue weighted by molar-refractivity contribution is 7.17. The van der Waals surface area contributed by atoms with Gasteiger partial charge in [-0.2, -0.15) is 11.3 Å². The van der Waals surface area contributed by atoms with Crippen LogP contribution in [0.5, 0.6) is 0 Å². The van der Waals surface area contributed by atoms with Crippen LogP contribution in [-0.4, -0.2) is 57.3 Å². The summed E-state index contributed by atoms with van der Waals surface area (Å²) in [6, 6.07) is 9.91. The predicted octanol–water partition coefficient (Wildman–Crippen LogP) is 3.87. The van der Waals surface area contributed by atoms with E-state index in [4.69, 9.17) is 0 Å². The zero-order valence-corrected chi connectivity index (χ0v) is 20.4. The molecule has 4 aromatic rings. The van der Waals surface area contributed by atoms with Gasteiger partial charge in [0.1, 0.15) is 4.83 Å². The second kappa shape index (κ2) is 9.52. The van der Waals surface area contributed by atoms with E-state index >= 15 is 0 Å². The maximum Gasteiger partial charge on any atom is 0.262 e. The first kappa shape index (κ1) is 22.5. The van der Waals surface area contributed by atoms with Crippen molar-refractivity contribution in [1.82, 2.24) is 19.4 Å². The van der Waals surface area contributed by atoms with Gasteiger partial charge in [0.2, 0.25) is 5.91 Å². The molecule has 1 fully saturated rings. The van der Waals surface area contributed by atoms with Crippen LogP contribution in [0.15, 0.2) is 57.6 Å². The summed E-state index contributed by atoms with van der Waals surface area (Å²) < 4.78 is 1.53. The summed E-state index contributed by atoms with van der Waals surface area (Å²) in [7, 11) is 0.